The van der Waals surface area contributed by atoms with E-state index in [2.05, 4.69) is 15.3 Å². The molecule has 0 aromatic carbocycles. The minimum atomic E-state index is -0.0617. The summed E-state index contributed by atoms with van der Waals surface area (Å²) in [5, 5.41) is 3.54. The minimum absolute atomic E-state index is 0. The second-order valence-corrected chi connectivity index (χ2v) is 6.06. The Morgan fingerprint density at radius 3 is 3.14 bits per heavy atom. The molecule has 2 heterocycles. The van der Waals surface area contributed by atoms with Gasteiger partial charge in [-0.05, 0) is 30.9 Å². The van der Waals surface area contributed by atoms with E-state index in [9.17, 15) is 4.79 Å². The van der Waals surface area contributed by atoms with Gasteiger partial charge in [0, 0.05) is 23.3 Å². The van der Waals surface area contributed by atoms with E-state index in [1.165, 1.54) is 16.2 Å². The van der Waals surface area contributed by atoms with Gasteiger partial charge in [0.1, 0.15) is 0 Å². The van der Waals surface area contributed by atoms with Crippen LogP contribution in [0.1, 0.15) is 22.6 Å². The van der Waals surface area contributed by atoms with Crippen LogP contribution in [0.5, 0.6) is 0 Å². The first-order valence-corrected chi connectivity index (χ1v) is 7.45. The number of pyridine rings is 1. The number of hydrogen-bond donors (Lipinski definition) is 2. The molecule has 0 fully saturated rings. The Labute approximate surface area is 133 Å². The van der Waals surface area contributed by atoms with Crippen molar-refractivity contribution in [2.24, 2.45) is 5.73 Å². The van der Waals surface area contributed by atoms with E-state index in [0.29, 0.717) is 11.6 Å². The van der Waals surface area contributed by atoms with Crippen LogP contribution in [0.4, 0.5) is 5.13 Å². The summed E-state index contributed by atoms with van der Waals surface area (Å²) in [5.41, 5.74) is 7.93. The van der Waals surface area contributed by atoms with Gasteiger partial charge in [-0.25, -0.2) is 4.98 Å². The molecule has 3 N–H and O–H groups in total. The number of fused-ring (bicyclic) bond motifs is 1. The number of anilines is 1. The Balaban J connectivity index is 0.00000161. The smallest absolute Gasteiger partial charge is 0.230 e. The zero-order chi connectivity index (χ0) is 13.9. The number of nitrogens with one attached hydrogen (secondary N) is 1. The van der Waals surface area contributed by atoms with Crippen LogP contribution in [0.3, 0.4) is 0 Å². The molecule has 0 saturated heterocycles. The molecule has 0 saturated carbocycles. The number of thiazole rings is 1. The SMILES string of the molecule is Cl.N[C@H]1CCc2nc(NC(=O)Cc3cccnc3)sc2C1. The van der Waals surface area contributed by atoms with Crippen molar-refractivity contribution in [2.75, 3.05) is 5.32 Å². The maximum Gasteiger partial charge on any atom is 0.230 e. The quantitative estimate of drug-likeness (QED) is 0.904. The largest absolute Gasteiger partial charge is 0.327 e. The highest BCUT2D eigenvalue weighted by molar-refractivity contribution is 7.15. The third-order valence-electron chi connectivity index (χ3n) is 3.31. The summed E-state index contributed by atoms with van der Waals surface area (Å²) in [7, 11) is 0. The third-order valence-corrected chi connectivity index (χ3v) is 4.35. The van der Waals surface area contributed by atoms with Crippen LogP contribution in [0.2, 0.25) is 0 Å². The molecule has 3 rings (SSSR count). The lowest BCUT2D eigenvalue weighted by molar-refractivity contribution is -0.115. The molecular formula is C14H17ClN4OS. The van der Waals surface area contributed by atoms with E-state index in [1.54, 1.807) is 12.4 Å². The van der Waals surface area contributed by atoms with Gasteiger partial charge >= 0.3 is 0 Å². The lowest BCUT2D eigenvalue weighted by Crippen LogP contribution is -2.27. The molecule has 7 heteroatoms. The first kappa shape index (κ1) is 15.9. The molecular weight excluding hydrogens is 308 g/mol. The minimum Gasteiger partial charge on any atom is -0.327 e. The van der Waals surface area contributed by atoms with Gasteiger partial charge in [0.05, 0.1) is 12.1 Å². The Kier molecular flexibility index (Phi) is 5.27. The second kappa shape index (κ2) is 6.98. The van der Waals surface area contributed by atoms with Crippen LogP contribution in [-0.2, 0) is 24.1 Å². The van der Waals surface area contributed by atoms with E-state index in [4.69, 9.17) is 5.73 Å². The lowest BCUT2D eigenvalue weighted by atomic mass is 9.99. The van der Waals surface area contributed by atoms with Gasteiger partial charge in [-0.1, -0.05) is 6.07 Å². The van der Waals surface area contributed by atoms with Crippen molar-refractivity contribution < 1.29 is 4.79 Å². The van der Waals surface area contributed by atoms with Crippen molar-refractivity contribution in [1.82, 2.24) is 9.97 Å². The van der Waals surface area contributed by atoms with Crippen molar-refractivity contribution >= 4 is 34.8 Å². The van der Waals surface area contributed by atoms with Crippen LogP contribution >= 0.6 is 23.7 Å². The fourth-order valence-corrected chi connectivity index (χ4v) is 3.42. The summed E-state index contributed by atoms with van der Waals surface area (Å²) in [6.07, 6.45) is 6.46. The van der Waals surface area contributed by atoms with Crippen LogP contribution in [0.15, 0.2) is 24.5 Å². The normalized spacial score (nSPS) is 16.7. The summed E-state index contributed by atoms with van der Waals surface area (Å²) in [6.45, 7) is 0. The molecule has 0 spiro atoms. The summed E-state index contributed by atoms with van der Waals surface area (Å²) in [4.78, 5) is 21.7. The molecule has 0 radical (unpaired) electrons. The van der Waals surface area contributed by atoms with E-state index < -0.39 is 0 Å². The number of carbonyl (C=O) groups excluding carboxylic acids is 1. The van der Waals surface area contributed by atoms with E-state index in [-0.39, 0.29) is 24.4 Å². The molecule has 1 amide bonds. The molecule has 5 nitrogen and oxygen atoms in total. The summed E-state index contributed by atoms with van der Waals surface area (Å²) >= 11 is 1.54. The van der Waals surface area contributed by atoms with Gasteiger partial charge in [-0.2, -0.15) is 0 Å². The molecule has 21 heavy (non-hydrogen) atoms. The number of amides is 1. The van der Waals surface area contributed by atoms with E-state index in [0.717, 1.165) is 30.5 Å². The predicted octanol–water partition coefficient (Wildman–Crippen LogP) is 1.96. The summed E-state index contributed by atoms with van der Waals surface area (Å²) in [6, 6.07) is 3.94. The fraction of sp³-hybridized carbons (Fsp3) is 0.357. The van der Waals surface area contributed by atoms with Crippen LogP contribution < -0.4 is 11.1 Å². The molecule has 1 aliphatic carbocycles. The molecule has 0 bridgehead atoms. The van der Waals surface area contributed by atoms with Crippen LogP contribution in [0.25, 0.3) is 0 Å². The Hall–Kier alpha value is -1.50. The van der Waals surface area contributed by atoms with Crippen molar-refractivity contribution in [1.29, 1.82) is 0 Å². The number of nitrogens with zero attached hydrogens (tertiary/aromatic N) is 2. The standard InChI is InChI=1S/C14H16N4OS.ClH/c15-10-3-4-11-12(7-10)20-14(17-11)18-13(19)6-9-2-1-5-16-8-9;/h1-2,5,8,10H,3-4,6-7,15H2,(H,17,18,19);1H/t10-;/m0./s1. The van der Waals surface area contributed by atoms with Gasteiger partial charge in [0.2, 0.25) is 5.91 Å². The summed E-state index contributed by atoms with van der Waals surface area (Å²) in [5.74, 6) is -0.0617. The Bertz CT molecular complexity index is 617. The first-order valence-electron chi connectivity index (χ1n) is 6.63. The number of hydrogen-bond acceptors (Lipinski definition) is 5. The molecule has 0 unspecified atom stereocenters. The highest BCUT2D eigenvalue weighted by atomic mass is 35.5. The maximum absolute atomic E-state index is 12.0. The fourth-order valence-electron chi connectivity index (χ4n) is 2.31. The van der Waals surface area contributed by atoms with Crippen molar-refractivity contribution in [3.63, 3.8) is 0 Å². The molecule has 112 valence electrons. The highest BCUT2D eigenvalue weighted by Crippen LogP contribution is 2.29. The van der Waals surface area contributed by atoms with Gasteiger partial charge < -0.3 is 11.1 Å². The lowest BCUT2D eigenvalue weighted by Gasteiger charge is -2.15. The van der Waals surface area contributed by atoms with Crippen LogP contribution in [0, 0.1) is 0 Å². The van der Waals surface area contributed by atoms with Gasteiger partial charge in [0.15, 0.2) is 5.13 Å². The molecule has 2 aromatic heterocycles. The zero-order valence-corrected chi connectivity index (χ0v) is 13.0. The molecule has 1 atom stereocenters. The molecule has 1 aliphatic rings. The van der Waals surface area contributed by atoms with Gasteiger partial charge in [-0.3, -0.25) is 9.78 Å². The number of nitrogens with two attached hydrogens (primary N) is 1. The van der Waals surface area contributed by atoms with Gasteiger partial charge in [-0.15, -0.1) is 23.7 Å². The highest BCUT2D eigenvalue weighted by Gasteiger charge is 2.20. The number of aryl methyl sites for hydroxylation is 1. The monoisotopic (exact) mass is 324 g/mol. The molecule has 0 aliphatic heterocycles. The number of aromatic nitrogens is 2. The Morgan fingerprint density at radius 1 is 1.52 bits per heavy atom. The second-order valence-electron chi connectivity index (χ2n) is 4.98. The first-order chi connectivity index (χ1) is 9.70. The zero-order valence-electron chi connectivity index (χ0n) is 11.4. The van der Waals surface area contributed by atoms with Gasteiger partial charge in [0.25, 0.3) is 0 Å². The average molecular weight is 325 g/mol. The molecule has 2 aromatic rings. The number of halogens is 1. The van der Waals surface area contributed by atoms with Crippen molar-refractivity contribution in [3.05, 3.63) is 40.7 Å². The maximum atomic E-state index is 12.0. The summed E-state index contributed by atoms with van der Waals surface area (Å²) < 4.78 is 0. The van der Waals surface area contributed by atoms with Crippen LogP contribution in [-0.4, -0.2) is 21.9 Å². The Morgan fingerprint density at radius 2 is 2.38 bits per heavy atom. The third kappa shape index (κ3) is 4.00. The van der Waals surface area contributed by atoms with Crippen molar-refractivity contribution in [3.8, 4) is 0 Å². The number of rotatable bonds is 3. The average Bonchev–Trinajstić information content (AvgIpc) is 2.80. The van der Waals surface area contributed by atoms with E-state index >= 15 is 0 Å². The topological polar surface area (TPSA) is 80.9 Å². The van der Waals surface area contributed by atoms with Crippen molar-refractivity contribution in [2.45, 2.75) is 31.7 Å². The van der Waals surface area contributed by atoms with E-state index in [1.807, 2.05) is 12.1 Å². The number of carbonyl (C=O) groups is 1. The predicted molar refractivity (Wildman–Crippen MR) is 85.9 cm³/mol.